The molecule has 9 heteroatoms. The topological polar surface area (TPSA) is 73.1 Å². The molecule has 0 bridgehead atoms. The van der Waals surface area contributed by atoms with Gasteiger partial charge in [-0.05, 0) is 38.0 Å². The van der Waals surface area contributed by atoms with Crippen LogP contribution in [0.4, 0.5) is 14.7 Å². The first-order valence-electron chi connectivity index (χ1n) is 9.52. The molecule has 0 amide bonds. The van der Waals surface area contributed by atoms with E-state index in [9.17, 15) is 13.6 Å². The molecule has 3 aromatic rings. The summed E-state index contributed by atoms with van der Waals surface area (Å²) in [5.74, 6) is -0.198. The van der Waals surface area contributed by atoms with Crippen LogP contribution >= 0.6 is 0 Å². The normalized spacial score (nSPS) is 18.2. The number of esters is 1. The fourth-order valence-electron chi connectivity index (χ4n) is 3.68. The zero-order valence-electron chi connectivity index (χ0n) is 15.9. The van der Waals surface area contributed by atoms with Gasteiger partial charge in [0.25, 0.3) is 0 Å². The van der Waals surface area contributed by atoms with Gasteiger partial charge in [-0.15, -0.1) is 0 Å². The molecule has 1 fully saturated rings. The highest BCUT2D eigenvalue weighted by atomic mass is 19.3. The van der Waals surface area contributed by atoms with E-state index in [4.69, 9.17) is 4.74 Å². The number of alkyl halides is 2. The van der Waals surface area contributed by atoms with Crippen molar-refractivity contribution in [2.24, 2.45) is 5.92 Å². The van der Waals surface area contributed by atoms with Crippen molar-refractivity contribution in [3.8, 4) is 0 Å². The van der Waals surface area contributed by atoms with Crippen molar-refractivity contribution >= 4 is 23.0 Å². The summed E-state index contributed by atoms with van der Waals surface area (Å²) in [5, 5.41) is 0. The lowest BCUT2D eigenvalue weighted by atomic mass is 9.98. The number of carbonyl (C=O) groups is 1. The summed E-state index contributed by atoms with van der Waals surface area (Å²) in [6.45, 7) is -0.0245. The molecule has 3 heterocycles. The van der Waals surface area contributed by atoms with Gasteiger partial charge in [0, 0.05) is 25.5 Å². The maximum Gasteiger partial charge on any atom is 0.320 e. The molecule has 29 heavy (non-hydrogen) atoms. The van der Waals surface area contributed by atoms with Crippen LogP contribution in [-0.2, 0) is 9.53 Å². The summed E-state index contributed by atoms with van der Waals surface area (Å²) >= 11 is 0. The van der Waals surface area contributed by atoms with Crippen LogP contribution in [-0.4, -0.2) is 38.6 Å². The van der Waals surface area contributed by atoms with E-state index in [0.29, 0.717) is 29.9 Å². The van der Waals surface area contributed by atoms with Gasteiger partial charge >= 0.3 is 12.5 Å². The molecule has 0 saturated carbocycles. The van der Waals surface area contributed by atoms with E-state index in [2.05, 4.69) is 15.0 Å². The summed E-state index contributed by atoms with van der Waals surface area (Å²) in [7, 11) is 0. The Kier molecular flexibility index (Phi) is 5.37. The predicted octanol–water partition coefficient (Wildman–Crippen LogP) is 3.74. The zero-order valence-corrected chi connectivity index (χ0v) is 15.9. The van der Waals surface area contributed by atoms with Gasteiger partial charge < -0.3 is 9.64 Å². The number of anilines is 1. The number of aromatic nitrogens is 4. The average Bonchev–Trinajstić information content (AvgIpc) is 3.14. The number of nitrogens with zero attached hydrogens (tertiary/aromatic N) is 5. The van der Waals surface area contributed by atoms with Crippen molar-refractivity contribution in [1.82, 2.24) is 19.5 Å². The Hall–Kier alpha value is -3.10. The Morgan fingerprint density at radius 3 is 2.72 bits per heavy atom. The van der Waals surface area contributed by atoms with E-state index in [1.54, 1.807) is 49.6 Å². The fourth-order valence-corrected chi connectivity index (χ4v) is 3.68. The molecule has 0 N–H and O–H groups in total. The summed E-state index contributed by atoms with van der Waals surface area (Å²) in [4.78, 5) is 27.4. The lowest BCUT2D eigenvalue weighted by Gasteiger charge is -2.31. The minimum absolute atomic E-state index is 0.0357. The first kappa shape index (κ1) is 19.2. The Balaban J connectivity index is 1.50. The van der Waals surface area contributed by atoms with Crippen molar-refractivity contribution in [2.75, 3.05) is 18.0 Å². The maximum atomic E-state index is 13.6. The molecule has 1 aliphatic heterocycles. The van der Waals surface area contributed by atoms with Crippen LogP contribution in [0.25, 0.3) is 11.0 Å². The highest BCUT2D eigenvalue weighted by molar-refractivity contribution is 5.77. The zero-order chi connectivity index (χ0) is 20.4. The second-order valence-corrected chi connectivity index (χ2v) is 7.02. The number of hydrogen-bond acceptors (Lipinski definition) is 6. The molecule has 7 nitrogen and oxygen atoms in total. The van der Waals surface area contributed by atoms with Crippen LogP contribution < -0.4 is 4.90 Å². The quantitative estimate of drug-likeness (QED) is 0.607. The maximum absolute atomic E-state index is 13.6. The van der Waals surface area contributed by atoms with Crippen LogP contribution in [0, 0.1) is 5.92 Å². The molecule has 2 unspecified atom stereocenters. The molecule has 1 aromatic carbocycles. The highest BCUT2D eigenvalue weighted by Gasteiger charge is 2.31. The number of halogens is 2. The smallest absolute Gasteiger partial charge is 0.320 e. The summed E-state index contributed by atoms with van der Waals surface area (Å²) in [5.41, 5.74) is 0.751. The Bertz CT molecular complexity index is 995. The number of para-hydroxylation sites is 2. The van der Waals surface area contributed by atoms with Gasteiger partial charge in [0.15, 0.2) is 11.9 Å². The van der Waals surface area contributed by atoms with E-state index in [-0.39, 0.29) is 11.7 Å². The summed E-state index contributed by atoms with van der Waals surface area (Å²) in [6.07, 6.45) is 3.87. The molecule has 4 rings (SSSR count). The third-order valence-corrected chi connectivity index (χ3v) is 5.06. The Morgan fingerprint density at radius 1 is 1.21 bits per heavy atom. The number of hydrogen-bond donors (Lipinski definition) is 0. The van der Waals surface area contributed by atoms with Crippen molar-refractivity contribution in [3.63, 3.8) is 0 Å². The van der Waals surface area contributed by atoms with E-state index in [1.807, 2.05) is 4.90 Å². The summed E-state index contributed by atoms with van der Waals surface area (Å²) < 4.78 is 33.7. The van der Waals surface area contributed by atoms with E-state index >= 15 is 0 Å². The largest absolute Gasteiger partial charge is 0.454 e. The molecule has 0 spiro atoms. The Labute approximate surface area is 166 Å². The summed E-state index contributed by atoms with van der Waals surface area (Å²) in [6, 6.07) is 8.37. The van der Waals surface area contributed by atoms with Gasteiger partial charge in [0.1, 0.15) is 0 Å². The van der Waals surface area contributed by atoms with Crippen molar-refractivity contribution in [3.05, 3.63) is 48.5 Å². The second-order valence-electron chi connectivity index (χ2n) is 7.02. The fraction of sp³-hybridized carbons (Fsp3) is 0.400. The second kappa shape index (κ2) is 8.10. The molecule has 0 aliphatic carbocycles. The molecule has 1 saturated heterocycles. The third-order valence-electron chi connectivity index (χ3n) is 5.06. The minimum atomic E-state index is -2.78. The van der Waals surface area contributed by atoms with Crippen LogP contribution in [0.3, 0.4) is 0 Å². The number of ether oxygens (including phenoxy) is 1. The molecular weight excluding hydrogens is 380 g/mol. The molecule has 2 atom stereocenters. The number of piperidine rings is 1. The van der Waals surface area contributed by atoms with Gasteiger partial charge in [0.2, 0.25) is 5.95 Å². The highest BCUT2D eigenvalue weighted by Crippen LogP contribution is 2.29. The predicted molar refractivity (Wildman–Crippen MR) is 102 cm³/mol. The lowest BCUT2D eigenvalue weighted by molar-refractivity contribution is -0.154. The van der Waals surface area contributed by atoms with Crippen molar-refractivity contribution in [1.29, 1.82) is 0 Å². The third kappa shape index (κ3) is 3.90. The van der Waals surface area contributed by atoms with Crippen molar-refractivity contribution in [2.45, 2.75) is 32.4 Å². The molecular formula is C20H21F2N5O2. The number of fused-ring (bicyclic) bond motifs is 1. The van der Waals surface area contributed by atoms with E-state index < -0.39 is 18.6 Å². The van der Waals surface area contributed by atoms with Gasteiger partial charge in [-0.3, -0.25) is 9.36 Å². The van der Waals surface area contributed by atoms with Crippen LogP contribution in [0.2, 0.25) is 0 Å². The number of imidazole rings is 1. The van der Waals surface area contributed by atoms with Crippen LogP contribution in [0.5, 0.6) is 0 Å². The lowest BCUT2D eigenvalue weighted by Crippen LogP contribution is -2.40. The monoisotopic (exact) mass is 401 g/mol. The van der Waals surface area contributed by atoms with Gasteiger partial charge in [0.05, 0.1) is 17.0 Å². The standard InChI is InChI=1S/C20H21F2N5O2/c1-13(17-25-15-7-2-3-8-16(15)27(17)19(21)22)29-18(28)14-6-4-11-26(12-14)20-23-9-5-10-24-20/h2-3,5,7-10,13-14,19H,4,6,11-12H2,1H3. The van der Waals surface area contributed by atoms with Crippen LogP contribution in [0.15, 0.2) is 42.7 Å². The number of carbonyl (C=O) groups excluding carboxylic acids is 1. The molecule has 1 aliphatic rings. The molecule has 152 valence electrons. The van der Waals surface area contributed by atoms with E-state index in [1.165, 1.54) is 0 Å². The Morgan fingerprint density at radius 2 is 1.97 bits per heavy atom. The van der Waals surface area contributed by atoms with E-state index in [0.717, 1.165) is 17.5 Å². The first-order chi connectivity index (χ1) is 14.0. The van der Waals surface area contributed by atoms with Crippen LogP contribution in [0.1, 0.15) is 38.2 Å². The van der Waals surface area contributed by atoms with Gasteiger partial charge in [-0.25, -0.2) is 15.0 Å². The molecule has 0 radical (unpaired) electrons. The van der Waals surface area contributed by atoms with Crippen molar-refractivity contribution < 1.29 is 18.3 Å². The number of benzene rings is 1. The SMILES string of the molecule is CC(OC(=O)C1CCCN(c2ncccn2)C1)c1nc2ccccc2n1C(F)F. The first-order valence-corrected chi connectivity index (χ1v) is 9.52. The van der Waals surface area contributed by atoms with Gasteiger partial charge in [-0.1, -0.05) is 12.1 Å². The molecule has 2 aromatic heterocycles. The van der Waals surface area contributed by atoms with Gasteiger partial charge in [-0.2, -0.15) is 8.78 Å². The average molecular weight is 401 g/mol. The minimum Gasteiger partial charge on any atom is -0.454 e. The number of rotatable bonds is 5.